The maximum absolute atomic E-state index is 11.4. The molecule has 2 aromatic rings. The standard InChI is InChI=1S/C12H16N6O/c1-8(11-15-17-18-16-11)14-7-9-3-5-10(6-4-9)12(19)13-2/h3-6,8,14H,7H2,1-2H3,(H,13,19)(H,15,16,17,18). The zero-order valence-corrected chi connectivity index (χ0v) is 10.8. The summed E-state index contributed by atoms with van der Waals surface area (Å²) in [5.74, 6) is 0.543. The average Bonchev–Trinajstić information content (AvgIpc) is 2.98. The van der Waals surface area contributed by atoms with Crippen LogP contribution in [-0.2, 0) is 6.54 Å². The Balaban J connectivity index is 1.91. The molecule has 0 aliphatic rings. The van der Waals surface area contributed by atoms with E-state index in [0.717, 1.165) is 5.56 Å². The summed E-state index contributed by atoms with van der Waals surface area (Å²) in [7, 11) is 1.62. The van der Waals surface area contributed by atoms with Crippen LogP contribution in [0.5, 0.6) is 0 Å². The smallest absolute Gasteiger partial charge is 0.251 e. The molecule has 0 fully saturated rings. The van der Waals surface area contributed by atoms with Crippen LogP contribution in [0.4, 0.5) is 0 Å². The maximum Gasteiger partial charge on any atom is 0.251 e. The molecule has 0 aliphatic heterocycles. The lowest BCUT2D eigenvalue weighted by Gasteiger charge is -2.10. The Morgan fingerprint density at radius 1 is 1.37 bits per heavy atom. The summed E-state index contributed by atoms with van der Waals surface area (Å²) in [6.45, 7) is 2.63. The van der Waals surface area contributed by atoms with Crippen molar-refractivity contribution in [3.05, 3.63) is 41.2 Å². The molecule has 7 nitrogen and oxygen atoms in total. The summed E-state index contributed by atoms with van der Waals surface area (Å²) in [6, 6.07) is 7.45. The second kappa shape index (κ2) is 6.05. The first-order valence-electron chi connectivity index (χ1n) is 5.98. The largest absolute Gasteiger partial charge is 0.355 e. The molecule has 0 spiro atoms. The molecule has 2 rings (SSSR count). The van der Waals surface area contributed by atoms with Crippen molar-refractivity contribution in [3.8, 4) is 0 Å². The first kappa shape index (κ1) is 13.2. The number of nitrogens with zero attached hydrogens (tertiary/aromatic N) is 3. The lowest BCUT2D eigenvalue weighted by molar-refractivity contribution is 0.0963. The molecule has 1 amide bonds. The Kier molecular flexibility index (Phi) is 4.19. The summed E-state index contributed by atoms with van der Waals surface area (Å²) >= 11 is 0. The number of hydrogen-bond acceptors (Lipinski definition) is 5. The number of rotatable bonds is 5. The molecule has 3 N–H and O–H groups in total. The molecule has 0 saturated heterocycles. The van der Waals surface area contributed by atoms with Gasteiger partial charge in [0.15, 0.2) is 5.82 Å². The highest BCUT2D eigenvalue weighted by Gasteiger charge is 2.09. The molecule has 0 aliphatic carbocycles. The fourth-order valence-electron chi connectivity index (χ4n) is 1.63. The number of carbonyl (C=O) groups is 1. The molecule has 0 bridgehead atoms. The number of benzene rings is 1. The lowest BCUT2D eigenvalue weighted by atomic mass is 10.1. The summed E-state index contributed by atoms with van der Waals surface area (Å²) < 4.78 is 0. The Bertz CT molecular complexity index is 522. The minimum Gasteiger partial charge on any atom is -0.355 e. The van der Waals surface area contributed by atoms with Gasteiger partial charge in [0.1, 0.15) is 0 Å². The van der Waals surface area contributed by atoms with E-state index in [9.17, 15) is 4.79 Å². The monoisotopic (exact) mass is 260 g/mol. The highest BCUT2D eigenvalue weighted by Crippen LogP contribution is 2.08. The average molecular weight is 260 g/mol. The van der Waals surface area contributed by atoms with Crippen LogP contribution >= 0.6 is 0 Å². The van der Waals surface area contributed by atoms with E-state index in [4.69, 9.17) is 0 Å². The molecule has 7 heteroatoms. The molecule has 0 saturated carbocycles. The first-order chi connectivity index (χ1) is 9.20. The number of hydrogen-bond donors (Lipinski definition) is 3. The summed E-state index contributed by atoms with van der Waals surface area (Å²) in [6.07, 6.45) is 0. The molecular formula is C12H16N6O. The number of H-pyrrole nitrogens is 1. The quantitative estimate of drug-likeness (QED) is 0.723. The van der Waals surface area contributed by atoms with Gasteiger partial charge in [0.05, 0.1) is 6.04 Å². The number of aromatic nitrogens is 4. The summed E-state index contributed by atoms with van der Waals surface area (Å²) in [4.78, 5) is 11.4. The van der Waals surface area contributed by atoms with Crippen LogP contribution in [0.1, 0.15) is 34.7 Å². The van der Waals surface area contributed by atoms with Crippen LogP contribution in [0, 0.1) is 0 Å². The predicted molar refractivity (Wildman–Crippen MR) is 69.3 cm³/mol. The van der Waals surface area contributed by atoms with E-state index >= 15 is 0 Å². The van der Waals surface area contributed by atoms with Crippen molar-refractivity contribution in [1.82, 2.24) is 31.3 Å². The maximum atomic E-state index is 11.4. The predicted octanol–water partition coefficient (Wildman–Crippen LogP) is 0.410. The van der Waals surface area contributed by atoms with Crippen molar-refractivity contribution in [2.75, 3.05) is 7.05 Å². The number of nitrogens with one attached hydrogen (secondary N) is 3. The van der Waals surface area contributed by atoms with Gasteiger partial charge in [-0.3, -0.25) is 4.79 Å². The first-order valence-corrected chi connectivity index (χ1v) is 5.98. The van der Waals surface area contributed by atoms with E-state index in [2.05, 4.69) is 31.3 Å². The Morgan fingerprint density at radius 3 is 2.68 bits per heavy atom. The third-order valence-corrected chi connectivity index (χ3v) is 2.80. The van der Waals surface area contributed by atoms with Gasteiger partial charge in [-0.1, -0.05) is 17.3 Å². The molecule has 1 aromatic carbocycles. The van der Waals surface area contributed by atoms with E-state index in [0.29, 0.717) is 17.9 Å². The second-order valence-electron chi connectivity index (χ2n) is 4.15. The minimum absolute atomic E-state index is 0.0115. The fourth-order valence-corrected chi connectivity index (χ4v) is 1.63. The second-order valence-corrected chi connectivity index (χ2v) is 4.15. The van der Waals surface area contributed by atoms with Gasteiger partial charge in [-0.15, -0.1) is 10.2 Å². The van der Waals surface area contributed by atoms with E-state index in [1.807, 2.05) is 19.1 Å². The van der Waals surface area contributed by atoms with Gasteiger partial charge in [0.25, 0.3) is 5.91 Å². The van der Waals surface area contributed by atoms with Crippen molar-refractivity contribution in [1.29, 1.82) is 0 Å². The molecule has 1 heterocycles. The van der Waals surface area contributed by atoms with Gasteiger partial charge in [-0.25, -0.2) is 0 Å². The van der Waals surface area contributed by atoms with Crippen LogP contribution in [0.15, 0.2) is 24.3 Å². The van der Waals surface area contributed by atoms with Gasteiger partial charge < -0.3 is 10.6 Å². The summed E-state index contributed by atoms with van der Waals surface area (Å²) in [5, 5.41) is 19.6. The number of amides is 1. The topological polar surface area (TPSA) is 95.6 Å². The molecule has 1 aromatic heterocycles. The van der Waals surface area contributed by atoms with Crippen LogP contribution in [0.3, 0.4) is 0 Å². The molecule has 19 heavy (non-hydrogen) atoms. The Hall–Kier alpha value is -2.28. The van der Waals surface area contributed by atoms with Crippen LogP contribution < -0.4 is 10.6 Å². The lowest BCUT2D eigenvalue weighted by Crippen LogP contribution is -2.20. The Labute approximate surface area is 110 Å². The van der Waals surface area contributed by atoms with Gasteiger partial charge in [0, 0.05) is 19.2 Å². The zero-order valence-electron chi connectivity index (χ0n) is 10.8. The summed E-state index contributed by atoms with van der Waals surface area (Å²) in [5.41, 5.74) is 1.74. The van der Waals surface area contributed by atoms with E-state index in [-0.39, 0.29) is 11.9 Å². The van der Waals surface area contributed by atoms with Crippen molar-refractivity contribution in [2.24, 2.45) is 0 Å². The van der Waals surface area contributed by atoms with E-state index in [1.165, 1.54) is 0 Å². The third-order valence-electron chi connectivity index (χ3n) is 2.80. The fraction of sp³-hybridized carbons (Fsp3) is 0.333. The van der Waals surface area contributed by atoms with Crippen molar-refractivity contribution >= 4 is 5.91 Å². The molecule has 1 unspecified atom stereocenters. The van der Waals surface area contributed by atoms with E-state index in [1.54, 1.807) is 19.2 Å². The van der Waals surface area contributed by atoms with Crippen LogP contribution in [-0.4, -0.2) is 33.6 Å². The highest BCUT2D eigenvalue weighted by atomic mass is 16.1. The van der Waals surface area contributed by atoms with Crippen LogP contribution in [0.25, 0.3) is 0 Å². The van der Waals surface area contributed by atoms with Crippen molar-refractivity contribution in [2.45, 2.75) is 19.5 Å². The van der Waals surface area contributed by atoms with Gasteiger partial charge in [-0.2, -0.15) is 5.21 Å². The van der Waals surface area contributed by atoms with E-state index < -0.39 is 0 Å². The zero-order chi connectivity index (χ0) is 13.7. The molecule has 1 atom stereocenters. The van der Waals surface area contributed by atoms with Crippen molar-refractivity contribution in [3.63, 3.8) is 0 Å². The van der Waals surface area contributed by atoms with Crippen molar-refractivity contribution < 1.29 is 4.79 Å². The molecular weight excluding hydrogens is 244 g/mol. The van der Waals surface area contributed by atoms with Gasteiger partial charge in [-0.05, 0) is 24.6 Å². The SMILES string of the molecule is CNC(=O)c1ccc(CNC(C)c2nn[nH]n2)cc1. The van der Waals surface area contributed by atoms with Gasteiger partial charge in [0.2, 0.25) is 0 Å². The highest BCUT2D eigenvalue weighted by molar-refractivity contribution is 5.93. The molecule has 100 valence electrons. The molecule has 0 radical (unpaired) electrons. The Morgan fingerprint density at radius 2 is 2.11 bits per heavy atom. The normalized spacial score (nSPS) is 12.1. The van der Waals surface area contributed by atoms with Gasteiger partial charge >= 0.3 is 0 Å². The number of aromatic amines is 1. The minimum atomic E-state index is -0.0836. The van der Waals surface area contributed by atoms with Crippen LogP contribution in [0.2, 0.25) is 0 Å². The third kappa shape index (κ3) is 3.35. The number of tetrazole rings is 1. The number of carbonyl (C=O) groups excluding carboxylic acids is 1.